The maximum absolute atomic E-state index is 4.71. The van der Waals surface area contributed by atoms with Gasteiger partial charge in [0, 0.05) is 12.6 Å². The van der Waals surface area contributed by atoms with Crippen LogP contribution in [-0.2, 0) is 17.9 Å². The summed E-state index contributed by atoms with van der Waals surface area (Å²) in [5.41, 5.74) is 13.2. The van der Waals surface area contributed by atoms with Crippen LogP contribution < -0.4 is 0 Å². The van der Waals surface area contributed by atoms with Crippen molar-refractivity contribution in [3.63, 3.8) is 0 Å². The molecule has 0 radical (unpaired) electrons. The Hall–Kier alpha value is -3.98. The Morgan fingerprint density at radius 3 is 1.35 bits per heavy atom. The first-order valence-corrected chi connectivity index (χ1v) is 17.6. The molecular weight excluding hydrogens is 583 g/mol. The van der Waals surface area contributed by atoms with Gasteiger partial charge in [-0.3, -0.25) is 0 Å². The average molecular weight is 640 g/mol. The molecule has 0 atom stereocenters. The molecule has 0 saturated carbocycles. The SMILES string of the molecule is Cc1nc(-c2cccc(-c3cc(-c4ccc(C(C)(C)CC(C)(C)C)cc4)c(C)c(-c4ccc(C(C)(C)CC(C)(C)C)cc4)c3)c2)n(C)n1. The average Bonchev–Trinajstić information content (AvgIpc) is 3.32. The Morgan fingerprint density at radius 2 is 0.958 bits per heavy atom. The van der Waals surface area contributed by atoms with E-state index in [1.807, 2.05) is 18.7 Å². The van der Waals surface area contributed by atoms with Crippen LogP contribution in [0.2, 0.25) is 0 Å². The van der Waals surface area contributed by atoms with Gasteiger partial charge in [0.05, 0.1) is 0 Å². The quantitative estimate of drug-likeness (QED) is 0.169. The van der Waals surface area contributed by atoms with E-state index in [0.29, 0.717) is 0 Å². The topological polar surface area (TPSA) is 30.7 Å². The lowest BCUT2D eigenvalue weighted by Gasteiger charge is -2.33. The fourth-order valence-corrected chi connectivity index (χ4v) is 8.14. The normalized spacial score (nSPS) is 12.9. The van der Waals surface area contributed by atoms with Gasteiger partial charge in [0.2, 0.25) is 0 Å². The van der Waals surface area contributed by atoms with E-state index in [-0.39, 0.29) is 21.7 Å². The first-order valence-electron chi connectivity index (χ1n) is 17.6. The van der Waals surface area contributed by atoms with Gasteiger partial charge in [0.25, 0.3) is 0 Å². The summed E-state index contributed by atoms with van der Waals surface area (Å²) in [6, 6.07) is 32.1. The van der Waals surface area contributed by atoms with Crippen molar-refractivity contribution in [2.75, 3.05) is 0 Å². The molecule has 252 valence electrons. The second-order valence-electron chi connectivity index (χ2n) is 17.8. The lowest BCUT2D eigenvalue weighted by Crippen LogP contribution is -2.24. The molecule has 0 aliphatic heterocycles. The highest BCUT2D eigenvalue weighted by Gasteiger charge is 2.28. The van der Waals surface area contributed by atoms with Gasteiger partial charge in [-0.05, 0) is 117 Å². The van der Waals surface area contributed by atoms with E-state index in [1.165, 1.54) is 50.1 Å². The maximum Gasteiger partial charge on any atom is 0.158 e. The molecule has 0 unspecified atom stereocenters. The summed E-state index contributed by atoms with van der Waals surface area (Å²) in [6.45, 7) is 27.7. The fourth-order valence-electron chi connectivity index (χ4n) is 8.14. The highest BCUT2D eigenvalue weighted by molar-refractivity contribution is 5.85. The summed E-state index contributed by atoms with van der Waals surface area (Å²) in [4.78, 5) is 4.71. The van der Waals surface area contributed by atoms with E-state index in [0.717, 1.165) is 30.1 Å². The third-order valence-electron chi connectivity index (χ3n) is 9.63. The van der Waals surface area contributed by atoms with Crippen LogP contribution in [0.15, 0.2) is 84.9 Å². The molecule has 3 nitrogen and oxygen atoms in total. The van der Waals surface area contributed by atoms with Crippen molar-refractivity contribution in [2.24, 2.45) is 17.9 Å². The molecule has 5 rings (SSSR count). The van der Waals surface area contributed by atoms with Gasteiger partial charge >= 0.3 is 0 Å². The van der Waals surface area contributed by atoms with Crippen LogP contribution in [0.25, 0.3) is 44.8 Å². The molecular formula is C45H57N3. The molecule has 0 saturated heterocycles. The zero-order valence-electron chi connectivity index (χ0n) is 31.8. The van der Waals surface area contributed by atoms with E-state index in [2.05, 4.69) is 166 Å². The summed E-state index contributed by atoms with van der Waals surface area (Å²) in [5.74, 6) is 1.66. The first-order chi connectivity index (χ1) is 22.2. The monoisotopic (exact) mass is 639 g/mol. The van der Waals surface area contributed by atoms with Gasteiger partial charge in [-0.2, -0.15) is 5.10 Å². The van der Waals surface area contributed by atoms with Crippen LogP contribution in [0.1, 0.15) is 105 Å². The third kappa shape index (κ3) is 8.00. The standard InChI is InChI=1S/C45H57N3/c1-30-39(32-17-21-37(22-18-32)44(9,10)28-42(3,4)5)26-36(34-15-14-16-35(25-34)41-46-31(2)47-48(41)13)27-40(30)33-19-23-38(24-20-33)45(11,12)29-43(6,7)8/h14-27H,28-29H2,1-13H3. The van der Waals surface area contributed by atoms with Crippen molar-refractivity contribution in [3.8, 4) is 44.8 Å². The molecule has 0 fully saturated rings. The molecule has 0 N–H and O–H groups in total. The Labute approximate surface area is 290 Å². The smallest absolute Gasteiger partial charge is 0.158 e. The molecule has 0 bridgehead atoms. The maximum atomic E-state index is 4.71. The minimum Gasteiger partial charge on any atom is -0.249 e. The number of aryl methyl sites for hydroxylation is 2. The van der Waals surface area contributed by atoms with E-state index < -0.39 is 0 Å². The van der Waals surface area contributed by atoms with Crippen molar-refractivity contribution in [1.82, 2.24) is 14.8 Å². The highest BCUT2D eigenvalue weighted by Crippen LogP contribution is 2.42. The summed E-state index contributed by atoms with van der Waals surface area (Å²) in [5, 5.41) is 4.50. The highest BCUT2D eigenvalue weighted by atomic mass is 15.3. The molecule has 48 heavy (non-hydrogen) atoms. The molecule has 4 aromatic carbocycles. The Balaban J connectivity index is 1.63. The molecule has 0 amide bonds. The van der Waals surface area contributed by atoms with Crippen molar-refractivity contribution in [1.29, 1.82) is 0 Å². The van der Waals surface area contributed by atoms with Crippen molar-refractivity contribution in [2.45, 2.75) is 107 Å². The summed E-state index contributed by atoms with van der Waals surface area (Å²) in [6.07, 6.45) is 2.25. The van der Waals surface area contributed by atoms with Crippen molar-refractivity contribution < 1.29 is 0 Å². The van der Waals surface area contributed by atoms with Crippen LogP contribution >= 0.6 is 0 Å². The van der Waals surface area contributed by atoms with Crippen LogP contribution in [0.5, 0.6) is 0 Å². The Kier molecular flexibility index (Phi) is 9.42. The lowest BCUT2D eigenvalue weighted by molar-refractivity contribution is 0.283. The zero-order chi connectivity index (χ0) is 35.2. The summed E-state index contributed by atoms with van der Waals surface area (Å²) < 4.78 is 1.87. The molecule has 0 spiro atoms. The molecule has 1 aromatic heterocycles. The van der Waals surface area contributed by atoms with Crippen LogP contribution in [0.3, 0.4) is 0 Å². The number of hydrogen-bond donors (Lipinski definition) is 0. The van der Waals surface area contributed by atoms with E-state index in [9.17, 15) is 0 Å². The van der Waals surface area contributed by atoms with E-state index in [1.54, 1.807) is 0 Å². The molecule has 0 aliphatic rings. The van der Waals surface area contributed by atoms with Crippen molar-refractivity contribution in [3.05, 3.63) is 107 Å². The number of benzene rings is 4. The number of nitrogens with zero attached hydrogens (tertiary/aromatic N) is 3. The summed E-state index contributed by atoms with van der Waals surface area (Å²) in [7, 11) is 1.96. The second-order valence-corrected chi connectivity index (χ2v) is 17.8. The third-order valence-corrected chi connectivity index (χ3v) is 9.63. The lowest BCUT2D eigenvalue weighted by atomic mass is 9.72. The Morgan fingerprint density at radius 1 is 0.521 bits per heavy atom. The zero-order valence-corrected chi connectivity index (χ0v) is 31.8. The summed E-state index contributed by atoms with van der Waals surface area (Å²) >= 11 is 0. The molecule has 3 heteroatoms. The molecule has 0 aliphatic carbocycles. The first kappa shape index (κ1) is 35.3. The van der Waals surface area contributed by atoms with Gasteiger partial charge in [-0.25, -0.2) is 9.67 Å². The minimum absolute atomic E-state index is 0.0972. The van der Waals surface area contributed by atoms with Crippen LogP contribution in [0.4, 0.5) is 0 Å². The van der Waals surface area contributed by atoms with Crippen LogP contribution in [0, 0.1) is 24.7 Å². The van der Waals surface area contributed by atoms with Gasteiger partial charge < -0.3 is 0 Å². The minimum atomic E-state index is 0.0972. The largest absolute Gasteiger partial charge is 0.249 e. The van der Waals surface area contributed by atoms with Gasteiger partial charge in [0.15, 0.2) is 5.82 Å². The van der Waals surface area contributed by atoms with E-state index >= 15 is 0 Å². The second kappa shape index (κ2) is 12.8. The predicted octanol–water partition coefficient (Wildman–Crippen LogP) is 12.5. The number of rotatable bonds is 8. The number of hydrogen-bond acceptors (Lipinski definition) is 2. The number of aromatic nitrogens is 3. The predicted molar refractivity (Wildman–Crippen MR) is 206 cm³/mol. The Bertz CT molecular complexity index is 1790. The molecule has 5 aromatic rings. The van der Waals surface area contributed by atoms with Crippen LogP contribution in [-0.4, -0.2) is 14.8 Å². The van der Waals surface area contributed by atoms with Gasteiger partial charge in [-0.15, -0.1) is 0 Å². The van der Waals surface area contributed by atoms with Gasteiger partial charge in [0.1, 0.15) is 5.82 Å². The van der Waals surface area contributed by atoms with E-state index in [4.69, 9.17) is 4.98 Å². The van der Waals surface area contributed by atoms with Gasteiger partial charge in [-0.1, -0.05) is 136 Å². The molecule has 1 heterocycles. The van der Waals surface area contributed by atoms with Crippen molar-refractivity contribution >= 4 is 0 Å². The fraction of sp³-hybridized carbons (Fsp3) is 0.422.